The molecule has 0 radical (unpaired) electrons. The van der Waals surface area contributed by atoms with Crippen molar-refractivity contribution in [2.24, 2.45) is 7.05 Å². The first-order chi connectivity index (χ1) is 9.52. The SMILES string of the molecule is CN(C)C(=O)c1nn(C)c2c1COC1(CCNCC1)C2. The second kappa shape index (κ2) is 4.86. The number of hydrogen-bond acceptors (Lipinski definition) is 4. The Morgan fingerprint density at radius 2 is 2.10 bits per heavy atom. The van der Waals surface area contributed by atoms with Crippen LogP contribution in [0.3, 0.4) is 0 Å². The summed E-state index contributed by atoms with van der Waals surface area (Å²) in [7, 11) is 5.42. The van der Waals surface area contributed by atoms with Crippen molar-refractivity contribution < 1.29 is 9.53 Å². The molecular formula is C14H22N4O2. The lowest BCUT2D eigenvalue weighted by Gasteiger charge is -2.40. The molecule has 0 saturated carbocycles. The van der Waals surface area contributed by atoms with Crippen molar-refractivity contribution >= 4 is 5.91 Å². The van der Waals surface area contributed by atoms with Crippen molar-refractivity contribution in [1.29, 1.82) is 0 Å². The number of aromatic nitrogens is 2. The summed E-state index contributed by atoms with van der Waals surface area (Å²) in [5.41, 5.74) is 2.60. The van der Waals surface area contributed by atoms with Crippen LogP contribution < -0.4 is 5.32 Å². The van der Waals surface area contributed by atoms with E-state index < -0.39 is 0 Å². The quantitative estimate of drug-likeness (QED) is 0.803. The minimum absolute atomic E-state index is 0.0493. The molecule has 3 rings (SSSR count). The Labute approximate surface area is 119 Å². The first kappa shape index (κ1) is 13.6. The molecule has 1 aromatic rings. The molecule has 0 atom stereocenters. The molecule has 1 amide bonds. The summed E-state index contributed by atoms with van der Waals surface area (Å²) in [4.78, 5) is 13.7. The van der Waals surface area contributed by atoms with Gasteiger partial charge in [0.2, 0.25) is 0 Å². The molecule has 0 unspecified atom stereocenters. The van der Waals surface area contributed by atoms with Gasteiger partial charge in [-0.25, -0.2) is 0 Å². The predicted molar refractivity (Wildman–Crippen MR) is 74.6 cm³/mol. The number of aryl methyl sites for hydroxylation is 1. The van der Waals surface area contributed by atoms with Crippen LogP contribution in [0.15, 0.2) is 0 Å². The monoisotopic (exact) mass is 278 g/mol. The van der Waals surface area contributed by atoms with E-state index in [2.05, 4.69) is 10.4 Å². The van der Waals surface area contributed by atoms with E-state index in [0.717, 1.165) is 43.6 Å². The van der Waals surface area contributed by atoms with E-state index in [1.807, 2.05) is 11.7 Å². The molecule has 2 aliphatic heterocycles. The maximum atomic E-state index is 12.2. The number of carbonyl (C=O) groups excluding carboxylic acids is 1. The van der Waals surface area contributed by atoms with E-state index in [1.165, 1.54) is 0 Å². The summed E-state index contributed by atoms with van der Waals surface area (Å²) in [6, 6.07) is 0. The number of fused-ring (bicyclic) bond motifs is 1. The fourth-order valence-electron chi connectivity index (χ4n) is 3.14. The molecule has 1 fully saturated rings. The molecule has 0 aliphatic carbocycles. The molecule has 0 bridgehead atoms. The summed E-state index contributed by atoms with van der Waals surface area (Å²) < 4.78 is 8.01. The Bertz CT molecular complexity index is 530. The molecule has 1 saturated heterocycles. The van der Waals surface area contributed by atoms with E-state index in [-0.39, 0.29) is 11.5 Å². The van der Waals surface area contributed by atoms with Crippen molar-refractivity contribution in [3.63, 3.8) is 0 Å². The number of amides is 1. The minimum atomic E-state index is -0.0650. The highest BCUT2D eigenvalue weighted by atomic mass is 16.5. The number of nitrogens with zero attached hydrogens (tertiary/aromatic N) is 3. The highest BCUT2D eigenvalue weighted by molar-refractivity contribution is 5.93. The Balaban J connectivity index is 1.93. The molecule has 1 spiro atoms. The van der Waals surface area contributed by atoms with Gasteiger partial charge < -0.3 is 15.0 Å². The third-order valence-electron chi connectivity index (χ3n) is 4.41. The van der Waals surface area contributed by atoms with Gasteiger partial charge in [-0.3, -0.25) is 9.48 Å². The zero-order valence-corrected chi connectivity index (χ0v) is 12.4. The van der Waals surface area contributed by atoms with Crippen LogP contribution in [0.25, 0.3) is 0 Å². The van der Waals surface area contributed by atoms with Crippen LogP contribution in [0.4, 0.5) is 0 Å². The Morgan fingerprint density at radius 1 is 1.40 bits per heavy atom. The third kappa shape index (κ3) is 2.13. The molecule has 0 aromatic carbocycles. The largest absolute Gasteiger partial charge is 0.370 e. The van der Waals surface area contributed by atoms with Gasteiger partial charge in [0, 0.05) is 38.8 Å². The highest BCUT2D eigenvalue weighted by Crippen LogP contribution is 2.35. The molecule has 3 heterocycles. The van der Waals surface area contributed by atoms with E-state index >= 15 is 0 Å². The zero-order valence-electron chi connectivity index (χ0n) is 12.4. The van der Waals surface area contributed by atoms with Crippen LogP contribution in [-0.4, -0.2) is 53.4 Å². The number of nitrogens with one attached hydrogen (secondary N) is 1. The van der Waals surface area contributed by atoms with E-state index in [4.69, 9.17) is 4.74 Å². The Morgan fingerprint density at radius 3 is 2.75 bits per heavy atom. The first-order valence-electron chi connectivity index (χ1n) is 7.13. The summed E-state index contributed by atoms with van der Waals surface area (Å²) in [6.45, 7) is 2.49. The summed E-state index contributed by atoms with van der Waals surface area (Å²) >= 11 is 0. The average Bonchev–Trinajstić information content (AvgIpc) is 2.75. The normalized spacial score (nSPS) is 20.8. The smallest absolute Gasteiger partial charge is 0.274 e. The summed E-state index contributed by atoms with van der Waals surface area (Å²) in [5.74, 6) is -0.0493. The lowest BCUT2D eigenvalue weighted by atomic mass is 9.84. The van der Waals surface area contributed by atoms with Gasteiger partial charge in [-0.1, -0.05) is 0 Å². The van der Waals surface area contributed by atoms with Gasteiger partial charge in [0.1, 0.15) is 0 Å². The fourth-order valence-corrected chi connectivity index (χ4v) is 3.14. The van der Waals surface area contributed by atoms with Crippen molar-refractivity contribution in [1.82, 2.24) is 20.0 Å². The number of carbonyl (C=O) groups is 1. The summed E-state index contributed by atoms with van der Waals surface area (Å²) in [5, 5.41) is 7.79. The van der Waals surface area contributed by atoms with Gasteiger partial charge in [0.05, 0.1) is 12.2 Å². The predicted octanol–water partition coefficient (Wildman–Crippen LogP) is 0.317. The second-order valence-corrected chi connectivity index (χ2v) is 6.00. The van der Waals surface area contributed by atoms with Gasteiger partial charge in [-0.15, -0.1) is 0 Å². The number of hydrogen-bond donors (Lipinski definition) is 1. The van der Waals surface area contributed by atoms with Crippen molar-refractivity contribution in [2.75, 3.05) is 27.2 Å². The number of ether oxygens (including phenoxy) is 1. The maximum absolute atomic E-state index is 12.2. The lowest BCUT2D eigenvalue weighted by Crippen LogP contribution is -2.47. The van der Waals surface area contributed by atoms with E-state index in [9.17, 15) is 4.79 Å². The summed E-state index contributed by atoms with van der Waals surface area (Å²) in [6.07, 6.45) is 2.90. The third-order valence-corrected chi connectivity index (χ3v) is 4.41. The molecule has 1 N–H and O–H groups in total. The van der Waals surface area contributed by atoms with Crippen LogP contribution in [-0.2, 0) is 24.8 Å². The number of rotatable bonds is 1. The van der Waals surface area contributed by atoms with Gasteiger partial charge in [0.15, 0.2) is 5.69 Å². The molecule has 110 valence electrons. The molecular weight excluding hydrogens is 256 g/mol. The average molecular weight is 278 g/mol. The zero-order chi connectivity index (χ0) is 14.3. The maximum Gasteiger partial charge on any atom is 0.274 e. The minimum Gasteiger partial charge on any atom is -0.370 e. The van der Waals surface area contributed by atoms with Crippen LogP contribution in [0.5, 0.6) is 0 Å². The van der Waals surface area contributed by atoms with E-state index in [1.54, 1.807) is 19.0 Å². The van der Waals surface area contributed by atoms with Crippen LogP contribution >= 0.6 is 0 Å². The van der Waals surface area contributed by atoms with Crippen LogP contribution in [0.2, 0.25) is 0 Å². The molecule has 1 aromatic heterocycles. The fraction of sp³-hybridized carbons (Fsp3) is 0.714. The topological polar surface area (TPSA) is 59.4 Å². The highest BCUT2D eigenvalue weighted by Gasteiger charge is 2.40. The van der Waals surface area contributed by atoms with Crippen LogP contribution in [0.1, 0.15) is 34.6 Å². The van der Waals surface area contributed by atoms with Crippen LogP contribution in [0, 0.1) is 0 Å². The first-order valence-corrected chi connectivity index (χ1v) is 7.13. The van der Waals surface area contributed by atoms with E-state index in [0.29, 0.717) is 12.3 Å². The molecule has 6 heteroatoms. The molecule has 20 heavy (non-hydrogen) atoms. The van der Waals surface area contributed by atoms with Gasteiger partial charge in [-0.05, 0) is 25.9 Å². The Kier molecular flexibility index (Phi) is 3.30. The Hall–Kier alpha value is -1.40. The standard InChI is InChI=1S/C14H22N4O2/c1-17(2)13(19)12-10-9-20-14(4-6-15-7-5-14)8-11(10)18(3)16-12/h15H,4-9H2,1-3H3. The van der Waals surface area contributed by atoms with Gasteiger partial charge in [0.25, 0.3) is 5.91 Å². The van der Waals surface area contributed by atoms with Gasteiger partial charge >= 0.3 is 0 Å². The van der Waals surface area contributed by atoms with Gasteiger partial charge in [-0.2, -0.15) is 5.10 Å². The second-order valence-electron chi connectivity index (χ2n) is 6.00. The number of piperidine rings is 1. The van der Waals surface area contributed by atoms with Crippen molar-refractivity contribution in [3.8, 4) is 0 Å². The van der Waals surface area contributed by atoms with Crippen molar-refractivity contribution in [2.45, 2.75) is 31.5 Å². The molecule has 6 nitrogen and oxygen atoms in total. The van der Waals surface area contributed by atoms with Crippen molar-refractivity contribution in [3.05, 3.63) is 17.0 Å². The lowest BCUT2D eigenvalue weighted by molar-refractivity contribution is -0.0869. The molecule has 2 aliphatic rings.